The van der Waals surface area contributed by atoms with Crippen molar-refractivity contribution < 1.29 is 4.74 Å². The molecule has 4 aromatic rings. The van der Waals surface area contributed by atoms with Gasteiger partial charge < -0.3 is 4.74 Å². The van der Waals surface area contributed by atoms with Gasteiger partial charge >= 0.3 is 0 Å². The molecule has 0 saturated carbocycles. The van der Waals surface area contributed by atoms with Gasteiger partial charge in [0.15, 0.2) is 0 Å². The van der Waals surface area contributed by atoms with Gasteiger partial charge in [-0.2, -0.15) is 5.10 Å². The average Bonchev–Trinajstić information content (AvgIpc) is 3.01. The molecule has 0 aliphatic carbocycles. The van der Waals surface area contributed by atoms with Crippen molar-refractivity contribution in [3.05, 3.63) is 66.1 Å². The van der Waals surface area contributed by atoms with E-state index in [1.807, 2.05) is 42.5 Å². The van der Waals surface area contributed by atoms with Gasteiger partial charge in [0.1, 0.15) is 0 Å². The molecule has 0 amide bonds. The van der Waals surface area contributed by atoms with Crippen LogP contribution in [0.1, 0.15) is 11.3 Å². The third kappa shape index (κ3) is 2.54. The molecule has 0 bridgehead atoms. The Hall–Kier alpha value is -2.79. The van der Waals surface area contributed by atoms with Crippen LogP contribution in [0.3, 0.4) is 0 Å². The van der Waals surface area contributed by atoms with Crippen LogP contribution in [-0.2, 0) is 18.0 Å². The van der Waals surface area contributed by atoms with Crippen molar-refractivity contribution in [1.29, 1.82) is 0 Å². The summed E-state index contributed by atoms with van der Waals surface area (Å²) >= 11 is 0. The van der Waals surface area contributed by atoms with E-state index < -0.39 is 0 Å². The topological polar surface area (TPSA) is 63.7 Å². The van der Waals surface area contributed by atoms with Crippen molar-refractivity contribution in [2.75, 3.05) is 0 Å². The Morgan fingerprint density at radius 3 is 2.77 bits per heavy atom. The third-order valence-corrected chi connectivity index (χ3v) is 3.51. The zero-order valence-electron chi connectivity index (χ0n) is 11.9. The Morgan fingerprint density at radius 2 is 1.86 bits per heavy atom. The van der Waals surface area contributed by atoms with Gasteiger partial charge in [0.2, 0.25) is 0 Å². The summed E-state index contributed by atoms with van der Waals surface area (Å²) in [6.07, 6.45) is 3.55. The molecular weight excluding hydrogens is 276 g/mol. The van der Waals surface area contributed by atoms with E-state index in [-0.39, 0.29) is 0 Å². The highest BCUT2D eigenvalue weighted by molar-refractivity contribution is 5.92. The Morgan fingerprint density at radius 1 is 0.955 bits per heavy atom. The molecule has 2 aromatic carbocycles. The van der Waals surface area contributed by atoms with Gasteiger partial charge in [-0.05, 0) is 17.7 Å². The number of aromatic nitrogens is 4. The molecule has 108 valence electrons. The molecule has 2 aromatic heterocycles. The molecule has 2 heterocycles. The maximum absolute atomic E-state index is 5.70. The van der Waals surface area contributed by atoms with Gasteiger partial charge in [-0.3, -0.25) is 10.1 Å². The van der Waals surface area contributed by atoms with E-state index in [2.05, 4.69) is 20.2 Å². The van der Waals surface area contributed by atoms with Crippen molar-refractivity contribution >= 4 is 21.9 Å². The number of nitrogens with one attached hydrogen (secondary N) is 1. The first-order chi connectivity index (χ1) is 10.9. The molecule has 0 radical (unpaired) electrons. The number of benzene rings is 2. The SMILES string of the molecule is c1ccc(COCc2cnc3cc4cn[nH]c4cc3n2)cc1. The minimum Gasteiger partial charge on any atom is -0.370 e. The Balaban J connectivity index is 1.53. The summed E-state index contributed by atoms with van der Waals surface area (Å²) in [6.45, 7) is 1.01. The summed E-state index contributed by atoms with van der Waals surface area (Å²) in [7, 11) is 0. The van der Waals surface area contributed by atoms with E-state index in [0.717, 1.165) is 33.2 Å². The van der Waals surface area contributed by atoms with E-state index in [1.54, 1.807) is 12.4 Å². The number of aromatic amines is 1. The van der Waals surface area contributed by atoms with Crippen LogP contribution in [-0.4, -0.2) is 20.2 Å². The Kier molecular flexibility index (Phi) is 3.25. The largest absolute Gasteiger partial charge is 0.370 e. The molecule has 0 unspecified atom stereocenters. The monoisotopic (exact) mass is 290 g/mol. The minimum absolute atomic E-state index is 0.443. The predicted octanol–water partition coefficient (Wildman–Crippen LogP) is 3.22. The van der Waals surface area contributed by atoms with E-state index >= 15 is 0 Å². The van der Waals surface area contributed by atoms with Gasteiger partial charge in [-0.15, -0.1) is 0 Å². The smallest absolute Gasteiger partial charge is 0.0912 e. The molecule has 0 spiro atoms. The van der Waals surface area contributed by atoms with Crippen LogP contribution in [0.15, 0.2) is 54.9 Å². The maximum atomic E-state index is 5.70. The second kappa shape index (κ2) is 5.54. The summed E-state index contributed by atoms with van der Waals surface area (Å²) in [5, 5.41) is 8.01. The molecule has 5 heteroatoms. The number of hydrogen-bond donors (Lipinski definition) is 1. The quantitative estimate of drug-likeness (QED) is 0.627. The first-order valence-electron chi connectivity index (χ1n) is 7.09. The van der Waals surface area contributed by atoms with Crippen LogP contribution >= 0.6 is 0 Å². The lowest BCUT2D eigenvalue weighted by Crippen LogP contribution is -1.98. The summed E-state index contributed by atoms with van der Waals surface area (Å²) in [5.41, 5.74) is 4.64. The lowest BCUT2D eigenvalue weighted by atomic mass is 10.2. The summed E-state index contributed by atoms with van der Waals surface area (Å²) in [4.78, 5) is 9.05. The highest BCUT2D eigenvalue weighted by atomic mass is 16.5. The first-order valence-corrected chi connectivity index (χ1v) is 7.09. The molecule has 0 atom stereocenters. The summed E-state index contributed by atoms with van der Waals surface area (Å²) in [6, 6.07) is 14.0. The number of H-pyrrole nitrogens is 1. The highest BCUT2D eigenvalue weighted by Gasteiger charge is 2.04. The fraction of sp³-hybridized carbons (Fsp3) is 0.118. The summed E-state index contributed by atoms with van der Waals surface area (Å²) in [5.74, 6) is 0. The van der Waals surface area contributed by atoms with Gasteiger partial charge in [-0.25, -0.2) is 4.98 Å². The number of hydrogen-bond acceptors (Lipinski definition) is 4. The summed E-state index contributed by atoms with van der Waals surface area (Å²) < 4.78 is 5.70. The molecule has 5 nitrogen and oxygen atoms in total. The zero-order chi connectivity index (χ0) is 14.8. The van der Waals surface area contributed by atoms with Crippen molar-refractivity contribution in [1.82, 2.24) is 20.2 Å². The van der Waals surface area contributed by atoms with E-state index in [0.29, 0.717) is 13.2 Å². The maximum Gasteiger partial charge on any atom is 0.0912 e. The van der Waals surface area contributed by atoms with Crippen LogP contribution < -0.4 is 0 Å². The molecule has 4 rings (SSSR count). The van der Waals surface area contributed by atoms with Gasteiger partial charge in [0, 0.05) is 5.39 Å². The molecule has 1 N–H and O–H groups in total. The predicted molar refractivity (Wildman–Crippen MR) is 84.1 cm³/mol. The third-order valence-electron chi connectivity index (χ3n) is 3.51. The standard InChI is InChI=1S/C17H14N4O/c1-2-4-12(5-3-1)10-22-11-14-9-18-16-6-13-8-19-21-15(13)7-17(16)20-14/h1-9H,10-11H2,(H,19,21). The van der Waals surface area contributed by atoms with Crippen LogP contribution in [0, 0.1) is 0 Å². The minimum atomic E-state index is 0.443. The fourth-order valence-electron chi connectivity index (χ4n) is 2.41. The Bertz CT molecular complexity index is 918. The molecule has 0 aliphatic rings. The average molecular weight is 290 g/mol. The first kappa shape index (κ1) is 12.9. The molecule has 22 heavy (non-hydrogen) atoms. The molecule has 0 saturated heterocycles. The van der Waals surface area contributed by atoms with E-state index in [9.17, 15) is 0 Å². The van der Waals surface area contributed by atoms with E-state index in [4.69, 9.17) is 4.74 Å². The Labute approximate surface area is 127 Å². The van der Waals surface area contributed by atoms with Crippen molar-refractivity contribution in [3.63, 3.8) is 0 Å². The normalized spacial score (nSPS) is 11.3. The van der Waals surface area contributed by atoms with Crippen LogP contribution in [0.4, 0.5) is 0 Å². The van der Waals surface area contributed by atoms with Gasteiger partial charge in [-0.1, -0.05) is 30.3 Å². The second-order valence-electron chi connectivity index (χ2n) is 5.14. The van der Waals surface area contributed by atoms with Gasteiger partial charge in [0.25, 0.3) is 0 Å². The van der Waals surface area contributed by atoms with Gasteiger partial charge in [0.05, 0.1) is 47.9 Å². The lowest BCUT2D eigenvalue weighted by molar-refractivity contribution is 0.104. The number of ether oxygens (including phenoxy) is 1. The zero-order valence-corrected chi connectivity index (χ0v) is 11.9. The number of nitrogens with zero attached hydrogens (tertiary/aromatic N) is 3. The molecule has 0 fully saturated rings. The highest BCUT2D eigenvalue weighted by Crippen LogP contribution is 2.18. The van der Waals surface area contributed by atoms with Crippen LogP contribution in [0.2, 0.25) is 0 Å². The van der Waals surface area contributed by atoms with Crippen LogP contribution in [0.25, 0.3) is 21.9 Å². The van der Waals surface area contributed by atoms with Crippen molar-refractivity contribution in [2.45, 2.75) is 13.2 Å². The van der Waals surface area contributed by atoms with Crippen molar-refractivity contribution in [3.8, 4) is 0 Å². The van der Waals surface area contributed by atoms with Crippen LogP contribution in [0.5, 0.6) is 0 Å². The number of rotatable bonds is 4. The molecular formula is C17H14N4O. The number of fused-ring (bicyclic) bond motifs is 2. The fourth-order valence-corrected chi connectivity index (χ4v) is 2.41. The second-order valence-corrected chi connectivity index (χ2v) is 5.14. The lowest BCUT2D eigenvalue weighted by Gasteiger charge is -2.05. The van der Waals surface area contributed by atoms with Crippen molar-refractivity contribution in [2.24, 2.45) is 0 Å². The molecule has 0 aliphatic heterocycles. The van der Waals surface area contributed by atoms with E-state index in [1.165, 1.54) is 0 Å².